The van der Waals surface area contributed by atoms with Crippen molar-refractivity contribution in [2.75, 3.05) is 4.31 Å². The number of hydrogen-bond acceptors (Lipinski definition) is 3. The number of pyridine rings is 1. The molecule has 8 heteroatoms. The van der Waals surface area contributed by atoms with Crippen molar-refractivity contribution in [1.29, 1.82) is 0 Å². The molecule has 30 heavy (non-hydrogen) atoms. The highest BCUT2D eigenvalue weighted by molar-refractivity contribution is 7.92. The van der Waals surface area contributed by atoms with E-state index in [0.29, 0.717) is 22.7 Å². The molecule has 5 nitrogen and oxygen atoms in total. The largest absolute Gasteiger partial charge is 0.299 e. The molecule has 2 aromatic carbocycles. The van der Waals surface area contributed by atoms with Gasteiger partial charge in [-0.05, 0) is 55.8 Å². The number of aromatic nitrogens is 2. The zero-order valence-electron chi connectivity index (χ0n) is 16.4. The maximum atomic E-state index is 13.6. The van der Waals surface area contributed by atoms with Crippen molar-refractivity contribution in [3.63, 3.8) is 0 Å². The maximum Gasteiger partial charge on any atom is 0.265 e. The number of sulfonamides is 1. The standard InChI is InChI=1S/C22H19ClFN3O2S/c1-15-7-6-10-21-25-22(16(2)27(15)21)26(14-17-11-12-20(24)19(23)13-17)30(28,29)18-8-4-3-5-9-18/h3-13H,14H2,1-2H3. The van der Waals surface area contributed by atoms with Gasteiger partial charge in [0.25, 0.3) is 10.0 Å². The fourth-order valence-corrected chi connectivity index (χ4v) is 5.13. The lowest BCUT2D eigenvalue weighted by Gasteiger charge is -2.23. The van der Waals surface area contributed by atoms with Crippen molar-refractivity contribution in [2.45, 2.75) is 25.3 Å². The van der Waals surface area contributed by atoms with E-state index in [2.05, 4.69) is 4.98 Å². The van der Waals surface area contributed by atoms with E-state index in [9.17, 15) is 12.8 Å². The number of imidazole rings is 1. The van der Waals surface area contributed by atoms with Crippen LogP contribution in [0.5, 0.6) is 0 Å². The summed E-state index contributed by atoms with van der Waals surface area (Å²) in [6, 6.07) is 18.0. The monoisotopic (exact) mass is 443 g/mol. The Balaban J connectivity index is 1.91. The molecule has 0 N–H and O–H groups in total. The van der Waals surface area contributed by atoms with E-state index >= 15 is 0 Å². The summed E-state index contributed by atoms with van der Waals surface area (Å²) in [7, 11) is -3.94. The van der Waals surface area contributed by atoms with Crippen LogP contribution in [0.25, 0.3) is 5.65 Å². The summed E-state index contributed by atoms with van der Waals surface area (Å²) in [6.45, 7) is 3.72. The zero-order valence-corrected chi connectivity index (χ0v) is 18.0. The topological polar surface area (TPSA) is 54.7 Å². The van der Waals surface area contributed by atoms with Crippen LogP contribution in [-0.2, 0) is 16.6 Å². The summed E-state index contributed by atoms with van der Waals surface area (Å²) in [5.41, 5.74) is 2.82. The van der Waals surface area contributed by atoms with Crippen LogP contribution >= 0.6 is 11.6 Å². The van der Waals surface area contributed by atoms with Crippen molar-refractivity contribution < 1.29 is 12.8 Å². The van der Waals surface area contributed by atoms with E-state index < -0.39 is 15.8 Å². The van der Waals surface area contributed by atoms with E-state index in [1.54, 1.807) is 18.2 Å². The van der Waals surface area contributed by atoms with Crippen molar-refractivity contribution >= 4 is 33.1 Å². The van der Waals surface area contributed by atoms with Crippen LogP contribution in [0.1, 0.15) is 17.0 Å². The number of rotatable bonds is 5. The predicted octanol–water partition coefficient (Wildman–Crippen LogP) is 5.14. The average Bonchev–Trinajstić information content (AvgIpc) is 3.06. The van der Waals surface area contributed by atoms with E-state index in [4.69, 9.17) is 11.6 Å². The van der Waals surface area contributed by atoms with Gasteiger partial charge >= 0.3 is 0 Å². The highest BCUT2D eigenvalue weighted by Crippen LogP contribution is 2.30. The Kier molecular flexibility index (Phi) is 5.26. The van der Waals surface area contributed by atoms with E-state index in [1.807, 2.05) is 36.4 Å². The molecule has 0 bridgehead atoms. The molecule has 4 rings (SSSR count). The first kappa shape index (κ1) is 20.4. The molecule has 0 spiro atoms. The van der Waals surface area contributed by atoms with E-state index in [1.165, 1.54) is 34.6 Å². The number of benzene rings is 2. The van der Waals surface area contributed by atoms with Gasteiger partial charge in [-0.2, -0.15) is 0 Å². The van der Waals surface area contributed by atoms with Crippen molar-refractivity contribution in [1.82, 2.24) is 9.38 Å². The van der Waals surface area contributed by atoms with Gasteiger partial charge in [-0.3, -0.25) is 4.40 Å². The van der Waals surface area contributed by atoms with Crippen LogP contribution in [-0.4, -0.2) is 17.8 Å². The molecule has 0 fully saturated rings. The molecule has 2 aromatic heterocycles. The van der Waals surface area contributed by atoms with Crippen LogP contribution in [0.4, 0.5) is 10.2 Å². The third kappa shape index (κ3) is 3.55. The molecule has 0 saturated heterocycles. The zero-order chi connectivity index (χ0) is 21.5. The number of anilines is 1. The van der Waals surface area contributed by atoms with Gasteiger partial charge < -0.3 is 0 Å². The first-order valence-electron chi connectivity index (χ1n) is 9.25. The highest BCUT2D eigenvalue weighted by Gasteiger charge is 2.29. The first-order chi connectivity index (χ1) is 14.3. The lowest BCUT2D eigenvalue weighted by Crippen LogP contribution is -2.31. The number of aryl methyl sites for hydroxylation is 2. The Morgan fingerprint density at radius 1 is 1.03 bits per heavy atom. The molecule has 4 aromatic rings. The molecular weight excluding hydrogens is 425 g/mol. The molecule has 0 saturated carbocycles. The van der Waals surface area contributed by atoms with Gasteiger partial charge in [0.15, 0.2) is 5.82 Å². The van der Waals surface area contributed by atoms with Gasteiger partial charge in [-0.1, -0.05) is 41.9 Å². The van der Waals surface area contributed by atoms with Crippen LogP contribution in [0.3, 0.4) is 0 Å². The molecule has 0 unspecified atom stereocenters. The Hall–Kier alpha value is -2.90. The van der Waals surface area contributed by atoms with Crippen molar-refractivity contribution in [2.24, 2.45) is 0 Å². The van der Waals surface area contributed by atoms with Crippen LogP contribution < -0.4 is 4.31 Å². The summed E-state index contributed by atoms with van der Waals surface area (Å²) in [6.07, 6.45) is 0. The highest BCUT2D eigenvalue weighted by atomic mass is 35.5. The van der Waals surface area contributed by atoms with E-state index in [0.717, 1.165) is 5.69 Å². The number of halogens is 2. The Bertz CT molecular complexity index is 1340. The first-order valence-corrected chi connectivity index (χ1v) is 11.1. The predicted molar refractivity (Wildman–Crippen MR) is 116 cm³/mol. The second-order valence-electron chi connectivity index (χ2n) is 6.95. The normalized spacial score (nSPS) is 11.7. The summed E-state index contributed by atoms with van der Waals surface area (Å²) in [5.74, 6) is -0.244. The van der Waals surface area contributed by atoms with Crippen LogP contribution in [0.15, 0.2) is 71.6 Å². The molecule has 0 aliphatic rings. The molecule has 154 valence electrons. The maximum absolute atomic E-state index is 13.6. The molecule has 2 heterocycles. The minimum absolute atomic E-state index is 0.0407. The summed E-state index contributed by atoms with van der Waals surface area (Å²) in [5, 5.41) is -0.0628. The molecule has 0 aliphatic heterocycles. The Labute approximate surface area is 179 Å². The average molecular weight is 444 g/mol. The fraction of sp³-hybridized carbons (Fsp3) is 0.136. The summed E-state index contributed by atoms with van der Waals surface area (Å²) in [4.78, 5) is 4.75. The lowest BCUT2D eigenvalue weighted by atomic mass is 10.2. The minimum atomic E-state index is -3.94. The van der Waals surface area contributed by atoms with Crippen molar-refractivity contribution in [3.8, 4) is 0 Å². The van der Waals surface area contributed by atoms with Gasteiger partial charge in [0.05, 0.1) is 22.2 Å². The summed E-state index contributed by atoms with van der Waals surface area (Å²) >= 11 is 5.93. The fourth-order valence-electron chi connectivity index (χ4n) is 3.45. The van der Waals surface area contributed by atoms with Gasteiger partial charge in [0, 0.05) is 5.69 Å². The third-order valence-corrected chi connectivity index (χ3v) is 6.96. The smallest absolute Gasteiger partial charge is 0.265 e. The van der Waals surface area contributed by atoms with Crippen molar-refractivity contribution in [3.05, 3.63) is 94.5 Å². The van der Waals surface area contributed by atoms with Crippen LogP contribution in [0, 0.1) is 19.7 Å². The Morgan fingerprint density at radius 3 is 2.43 bits per heavy atom. The SMILES string of the molecule is Cc1cccc2nc(N(Cc3ccc(F)c(Cl)c3)S(=O)(=O)c3ccccc3)c(C)n12. The van der Waals surface area contributed by atoms with Gasteiger partial charge in [0.2, 0.25) is 0 Å². The lowest BCUT2D eigenvalue weighted by molar-refractivity contribution is 0.589. The second-order valence-corrected chi connectivity index (χ2v) is 9.22. The summed E-state index contributed by atoms with van der Waals surface area (Å²) < 4.78 is 43.9. The van der Waals surface area contributed by atoms with E-state index in [-0.39, 0.29) is 16.5 Å². The third-order valence-electron chi connectivity index (χ3n) is 4.92. The minimum Gasteiger partial charge on any atom is -0.299 e. The molecule has 0 atom stereocenters. The van der Waals surface area contributed by atoms with Gasteiger partial charge in [-0.15, -0.1) is 0 Å². The Morgan fingerprint density at radius 2 is 1.77 bits per heavy atom. The molecular formula is C22H19ClFN3O2S. The number of nitrogens with zero attached hydrogens (tertiary/aromatic N) is 3. The van der Waals surface area contributed by atoms with Gasteiger partial charge in [-0.25, -0.2) is 22.1 Å². The quantitative estimate of drug-likeness (QED) is 0.429. The molecule has 0 radical (unpaired) electrons. The molecule has 0 amide bonds. The molecule has 0 aliphatic carbocycles. The number of hydrogen-bond donors (Lipinski definition) is 0. The number of fused-ring (bicyclic) bond motifs is 1. The van der Waals surface area contributed by atoms with Crippen LogP contribution in [0.2, 0.25) is 5.02 Å². The van der Waals surface area contributed by atoms with Gasteiger partial charge in [0.1, 0.15) is 11.5 Å². The second kappa shape index (κ2) is 7.74.